The minimum absolute atomic E-state index is 0. The van der Waals surface area contributed by atoms with Gasteiger partial charge in [0.1, 0.15) is 0 Å². The molecule has 0 aromatic heterocycles. The molecule has 0 radical (unpaired) electrons. The normalized spacial score (nSPS) is 11.2. The summed E-state index contributed by atoms with van der Waals surface area (Å²) in [5.41, 5.74) is -2.93. The van der Waals surface area contributed by atoms with Crippen molar-refractivity contribution in [3.63, 3.8) is 0 Å². The molecule has 0 unspecified atom stereocenters. The maximum absolute atomic E-state index is 12.3. The maximum atomic E-state index is 12.3. The largest absolute Gasteiger partial charge is 0.478 e. The van der Waals surface area contributed by atoms with E-state index in [-0.39, 0.29) is 32.7 Å². The first-order valence-electron chi connectivity index (χ1n) is 9.36. The minimum Gasteiger partial charge on any atom is -0.478 e. The van der Waals surface area contributed by atoms with Gasteiger partial charge < -0.3 is 20.4 Å². The number of carboxylic acid groups (broad SMARTS) is 4. The van der Waals surface area contributed by atoms with Crippen LogP contribution in [0.25, 0.3) is 43.1 Å². The second-order valence-corrected chi connectivity index (χ2v) is 7.34. The van der Waals surface area contributed by atoms with Gasteiger partial charge in [0.05, 0.1) is 22.3 Å². The van der Waals surface area contributed by atoms with Crippen LogP contribution < -0.4 is 0 Å². The van der Waals surface area contributed by atoms with E-state index in [9.17, 15) is 39.6 Å². The van der Waals surface area contributed by atoms with Crippen molar-refractivity contribution in [1.29, 1.82) is 0 Å². The van der Waals surface area contributed by atoms with Crippen molar-refractivity contribution in [3.8, 4) is 0 Å². The minimum atomic E-state index is -1.77. The number of aromatic carboxylic acids is 4. The molecule has 4 N–H and O–H groups in total. The Labute approximate surface area is 193 Å². The van der Waals surface area contributed by atoms with E-state index in [0.717, 1.165) is 5.39 Å². The molecule has 5 rings (SSSR count). The molecular formula is C24H12NiO8. The summed E-state index contributed by atoms with van der Waals surface area (Å²) in [6.45, 7) is 0. The number of carbonyl (C=O) groups is 4. The topological polar surface area (TPSA) is 149 Å². The summed E-state index contributed by atoms with van der Waals surface area (Å²) in [4.78, 5) is 48.7. The van der Waals surface area contributed by atoms with Crippen molar-refractivity contribution >= 4 is 67.0 Å². The van der Waals surface area contributed by atoms with Gasteiger partial charge in [-0.15, -0.1) is 0 Å². The van der Waals surface area contributed by atoms with Gasteiger partial charge in [0.15, 0.2) is 0 Å². The van der Waals surface area contributed by atoms with Crippen molar-refractivity contribution < 1.29 is 56.1 Å². The molecule has 8 nitrogen and oxygen atoms in total. The molecule has 0 saturated heterocycles. The zero-order valence-corrected chi connectivity index (χ0v) is 17.3. The number of fused-ring (bicyclic) bond motifs is 2. The van der Waals surface area contributed by atoms with Crippen LogP contribution in [0.5, 0.6) is 0 Å². The molecular weight excluding hydrogens is 475 g/mol. The van der Waals surface area contributed by atoms with Crippen molar-refractivity contribution in [2.24, 2.45) is 0 Å². The second kappa shape index (κ2) is 7.43. The number of hydrogen-bond donors (Lipinski definition) is 4. The van der Waals surface area contributed by atoms with Gasteiger partial charge in [0.2, 0.25) is 0 Å². The van der Waals surface area contributed by atoms with Crippen molar-refractivity contribution in [2.45, 2.75) is 0 Å². The third-order valence-corrected chi connectivity index (χ3v) is 5.79. The van der Waals surface area contributed by atoms with E-state index in [1.54, 1.807) is 24.3 Å². The molecule has 0 amide bonds. The van der Waals surface area contributed by atoms with E-state index >= 15 is 0 Å². The summed E-state index contributed by atoms with van der Waals surface area (Å²) in [6, 6.07) is 13.2. The Kier molecular flexibility index (Phi) is 4.95. The third-order valence-electron chi connectivity index (χ3n) is 5.79. The summed E-state index contributed by atoms with van der Waals surface area (Å²) in [5, 5.41) is 42.3. The summed E-state index contributed by atoms with van der Waals surface area (Å²) >= 11 is 0. The van der Waals surface area contributed by atoms with Gasteiger partial charge in [0, 0.05) is 32.7 Å². The molecule has 0 bridgehead atoms. The number of hydrogen-bond acceptors (Lipinski definition) is 4. The third kappa shape index (κ3) is 2.83. The molecule has 0 fully saturated rings. The van der Waals surface area contributed by atoms with Crippen LogP contribution >= 0.6 is 0 Å². The number of carboxylic acids is 4. The molecule has 0 saturated carbocycles. The zero-order valence-electron chi connectivity index (χ0n) is 16.4. The molecule has 0 aliphatic heterocycles. The van der Waals surface area contributed by atoms with E-state index in [4.69, 9.17) is 0 Å². The Hall–Kier alpha value is -4.23. The van der Waals surface area contributed by atoms with E-state index in [1.165, 1.54) is 12.1 Å². The van der Waals surface area contributed by atoms with Crippen LogP contribution in [-0.4, -0.2) is 44.3 Å². The Bertz CT molecular complexity index is 1680. The first-order valence-corrected chi connectivity index (χ1v) is 9.36. The van der Waals surface area contributed by atoms with Crippen LogP contribution in [0.15, 0.2) is 48.5 Å². The molecule has 0 spiro atoms. The number of benzene rings is 5. The van der Waals surface area contributed by atoms with Crippen LogP contribution in [0.4, 0.5) is 0 Å². The monoisotopic (exact) mass is 486 g/mol. The average molecular weight is 487 g/mol. The Morgan fingerprint density at radius 1 is 0.485 bits per heavy atom. The Morgan fingerprint density at radius 2 is 1.00 bits per heavy atom. The van der Waals surface area contributed by atoms with Crippen molar-refractivity contribution in [2.75, 3.05) is 0 Å². The summed E-state index contributed by atoms with van der Waals surface area (Å²) in [5.74, 6) is -6.58. The zero-order chi connectivity index (χ0) is 22.9. The van der Waals surface area contributed by atoms with Crippen LogP contribution in [0, 0.1) is 0 Å². The predicted octanol–water partition coefficient (Wildman–Crippen LogP) is 4.53. The van der Waals surface area contributed by atoms with Gasteiger partial charge in [-0.05, 0) is 33.0 Å². The first-order chi connectivity index (χ1) is 15.2. The molecule has 9 heteroatoms. The SMILES string of the molecule is O=C(O)c1c(C(=O)O)c2c(C(=O)O)ccc3c4cccc5cccc(c(c1C(=O)O)c23)c54.[Ni]. The van der Waals surface area contributed by atoms with Gasteiger partial charge in [-0.1, -0.05) is 42.5 Å². The van der Waals surface area contributed by atoms with E-state index in [2.05, 4.69) is 0 Å². The Morgan fingerprint density at radius 3 is 1.55 bits per heavy atom. The molecule has 0 heterocycles. The van der Waals surface area contributed by atoms with Crippen LogP contribution in [0.3, 0.4) is 0 Å². The fraction of sp³-hybridized carbons (Fsp3) is 0. The second-order valence-electron chi connectivity index (χ2n) is 7.34. The number of rotatable bonds is 4. The summed E-state index contributed by atoms with van der Waals surface area (Å²) in [7, 11) is 0. The van der Waals surface area contributed by atoms with Crippen molar-refractivity contribution in [1.82, 2.24) is 0 Å². The van der Waals surface area contributed by atoms with Gasteiger partial charge >= 0.3 is 23.9 Å². The maximum Gasteiger partial charge on any atom is 0.337 e. The fourth-order valence-corrected chi connectivity index (χ4v) is 4.71. The predicted molar refractivity (Wildman–Crippen MR) is 115 cm³/mol. The Balaban J connectivity index is 0.00000259. The van der Waals surface area contributed by atoms with Gasteiger partial charge in [-0.2, -0.15) is 0 Å². The summed E-state index contributed by atoms with van der Waals surface area (Å²) < 4.78 is 0. The molecule has 5 aromatic carbocycles. The van der Waals surface area contributed by atoms with Gasteiger partial charge in [-0.3, -0.25) is 0 Å². The molecule has 5 aromatic rings. The van der Waals surface area contributed by atoms with Crippen LogP contribution in [0.2, 0.25) is 0 Å². The molecule has 0 aliphatic rings. The quantitative estimate of drug-likeness (QED) is 0.164. The standard InChI is InChI=1S/C24H12O8.Ni/c25-21(26)13-8-7-11-10-5-1-3-9-4-2-6-12(14(9)10)16-15(11)17(13)19(23(29)30)20(24(31)32)18(16)22(27)28;/h1-8H,(H,25,26)(H,27,28)(H,29,30)(H,31,32);. The molecule has 0 aliphatic carbocycles. The summed E-state index contributed by atoms with van der Waals surface area (Å²) in [6.07, 6.45) is 0. The van der Waals surface area contributed by atoms with E-state index in [0.29, 0.717) is 21.5 Å². The van der Waals surface area contributed by atoms with Gasteiger partial charge in [0.25, 0.3) is 0 Å². The van der Waals surface area contributed by atoms with Crippen LogP contribution in [-0.2, 0) is 16.5 Å². The molecule has 166 valence electrons. The molecule has 33 heavy (non-hydrogen) atoms. The first kappa shape index (κ1) is 22.0. The van der Waals surface area contributed by atoms with Gasteiger partial charge in [-0.25, -0.2) is 19.2 Å². The smallest absolute Gasteiger partial charge is 0.337 e. The van der Waals surface area contributed by atoms with Crippen LogP contribution in [0.1, 0.15) is 41.4 Å². The van der Waals surface area contributed by atoms with E-state index < -0.39 is 46.1 Å². The fourth-order valence-electron chi connectivity index (χ4n) is 4.71. The average Bonchev–Trinajstić information content (AvgIpc) is 2.75. The van der Waals surface area contributed by atoms with E-state index in [1.807, 2.05) is 12.1 Å². The molecule has 0 atom stereocenters. The van der Waals surface area contributed by atoms with Crippen molar-refractivity contribution in [3.05, 3.63) is 70.8 Å².